The molecule has 0 amide bonds. The van der Waals surface area contributed by atoms with E-state index in [0.717, 1.165) is 35.6 Å². The fourth-order valence-corrected chi connectivity index (χ4v) is 28.2. The summed E-state index contributed by atoms with van der Waals surface area (Å²) in [5.74, 6) is 0. The number of hydrogen-bond donors (Lipinski definition) is 0. The second-order valence-electron chi connectivity index (χ2n) is 30.2. The molecule has 14 aromatic carbocycles. The van der Waals surface area contributed by atoms with Crippen LogP contribution in [0.1, 0.15) is 71.4 Å². The molecule has 1 fully saturated rings. The smallest absolute Gasteiger partial charge is 0.252 e. The zero-order chi connectivity index (χ0) is 68.8. The molecule has 0 radical (unpaired) electrons. The molecule has 1 aliphatic carbocycles. The van der Waals surface area contributed by atoms with Gasteiger partial charge in [-0.3, -0.25) is 0 Å². The molecule has 0 N–H and O–H groups in total. The van der Waals surface area contributed by atoms with E-state index in [2.05, 4.69) is 407 Å². The highest BCUT2D eigenvalue weighted by Crippen LogP contribution is 2.63. The van der Waals surface area contributed by atoms with E-state index in [9.17, 15) is 0 Å². The standard InChI is InChI=1S/C96H82BN3Si2/c1-94(2,3)73-65-86-93-88(66-73)97-87-64-72(70-34-16-7-17-35-70)50-61-89(87)99(76-51-48-71(49-52-76)69-32-14-6-15-33-69)90-67-77(68-91(92(90)97)100(93)96(5)63-31-30-62-95(86,96)4)98(74-53-57-84(58-54-74)101(78-36-18-8-19-37-78,79-38-20-9-21-39-79)80-40-22-10-23-41-80)75-55-59-85(60-56-75)102(81-42-24-11-25-43-81,82-44-26-12-27-45-82)83-46-28-13-29-47-83/h6-29,32-61,64-68H,30-31,62-63H2,1-5H3. The lowest BCUT2D eigenvalue weighted by Gasteiger charge is -2.53. The van der Waals surface area contributed by atoms with Crippen LogP contribution in [0.25, 0.3) is 22.3 Å². The lowest BCUT2D eigenvalue weighted by molar-refractivity contribution is 0.195. The molecule has 1 saturated carbocycles. The molecule has 3 nitrogen and oxygen atoms in total. The van der Waals surface area contributed by atoms with Crippen molar-refractivity contribution >= 4 is 126 Å². The minimum absolute atomic E-state index is 0.0756. The van der Waals surface area contributed by atoms with Crippen molar-refractivity contribution in [1.29, 1.82) is 0 Å². The van der Waals surface area contributed by atoms with Crippen LogP contribution >= 0.6 is 0 Å². The molecule has 2 atom stereocenters. The van der Waals surface area contributed by atoms with Crippen LogP contribution in [0.4, 0.5) is 45.5 Å². The lowest BCUT2D eigenvalue weighted by Crippen LogP contribution is -2.74. The van der Waals surface area contributed by atoms with Crippen molar-refractivity contribution in [1.82, 2.24) is 0 Å². The van der Waals surface area contributed by atoms with Crippen molar-refractivity contribution in [2.75, 3.05) is 14.7 Å². The van der Waals surface area contributed by atoms with Gasteiger partial charge in [-0.15, -0.1) is 0 Å². The zero-order valence-electron chi connectivity index (χ0n) is 58.8. The Bertz CT molecular complexity index is 5030. The van der Waals surface area contributed by atoms with E-state index >= 15 is 0 Å². The minimum Gasteiger partial charge on any atom is -0.335 e. The number of rotatable bonds is 14. The van der Waals surface area contributed by atoms with E-state index in [1.165, 1.54) is 127 Å². The van der Waals surface area contributed by atoms with Gasteiger partial charge >= 0.3 is 0 Å². The van der Waals surface area contributed by atoms with Gasteiger partial charge in [-0.1, -0.05) is 344 Å². The summed E-state index contributed by atoms with van der Waals surface area (Å²) in [4.78, 5) is 8.17. The van der Waals surface area contributed by atoms with Gasteiger partial charge in [-0.25, -0.2) is 0 Å². The van der Waals surface area contributed by atoms with Crippen LogP contribution in [0.5, 0.6) is 0 Å². The first-order valence-corrected chi connectivity index (χ1v) is 40.6. The third-order valence-electron chi connectivity index (χ3n) is 23.8. The second kappa shape index (κ2) is 24.9. The van der Waals surface area contributed by atoms with Gasteiger partial charge in [0.2, 0.25) is 0 Å². The lowest BCUT2D eigenvalue weighted by atomic mass is 9.33. The Balaban J connectivity index is 0.931. The summed E-state index contributed by atoms with van der Waals surface area (Å²) in [5, 5.41) is 10.8. The molecule has 0 saturated heterocycles. The fraction of sp³-hybridized carbons (Fsp3) is 0.125. The van der Waals surface area contributed by atoms with Crippen LogP contribution in [0.3, 0.4) is 0 Å². The van der Waals surface area contributed by atoms with Crippen LogP contribution in [0.2, 0.25) is 0 Å². The van der Waals surface area contributed by atoms with Gasteiger partial charge in [0.15, 0.2) is 16.1 Å². The van der Waals surface area contributed by atoms with Crippen molar-refractivity contribution in [2.24, 2.45) is 0 Å². The highest BCUT2D eigenvalue weighted by atomic mass is 28.3. The second-order valence-corrected chi connectivity index (χ2v) is 37.8. The summed E-state index contributed by atoms with van der Waals surface area (Å²) in [5.41, 5.74) is 21.0. The summed E-state index contributed by atoms with van der Waals surface area (Å²) in [7, 11) is -5.85. The number of anilines is 8. The third-order valence-corrected chi connectivity index (χ3v) is 33.4. The summed E-state index contributed by atoms with van der Waals surface area (Å²) in [6, 6.07) is 137. The van der Waals surface area contributed by atoms with Crippen LogP contribution in [-0.4, -0.2) is 28.4 Å². The molecule has 4 aliphatic rings. The Hall–Kier alpha value is -11.0. The fourth-order valence-electron chi connectivity index (χ4n) is 18.7. The molecule has 0 bridgehead atoms. The highest BCUT2D eigenvalue weighted by Gasteiger charge is 2.62. The van der Waals surface area contributed by atoms with Gasteiger partial charge in [0, 0.05) is 45.2 Å². The average molecular weight is 1340 g/mol. The molecule has 2 unspecified atom stereocenters. The predicted octanol–water partition coefficient (Wildman–Crippen LogP) is 16.9. The van der Waals surface area contributed by atoms with E-state index in [1.807, 2.05) is 0 Å². The SMILES string of the molecule is CC(C)(C)c1cc2c3c(c1)C1(C)CCCCC1(C)N3c1cc(N(c3ccc([Si](c4ccccc4)(c4ccccc4)c4ccccc4)cc3)c3ccc([Si](c4ccccc4)(c4ccccc4)c4ccccc4)cc3)cc3c1B2c1cc(-c2ccccc2)ccc1N3c1ccc(-c2ccccc2)cc1. The van der Waals surface area contributed by atoms with Crippen LogP contribution in [0, 0.1) is 0 Å². The maximum atomic E-state index is 2.92. The van der Waals surface area contributed by atoms with E-state index in [0.29, 0.717) is 0 Å². The maximum absolute atomic E-state index is 2.93. The number of hydrogen-bond acceptors (Lipinski definition) is 3. The summed E-state index contributed by atoms with van der Waals surface area (Å²) in [6.45, 7) is 12.5. The molecule has 102 heavy (non-hydrogen) atoms. The molecular weight excluding hydrogens is 1260 g/mol. The Morgan fingerprint density at radius 3 is 1.17 bits per heavy atom. The zero-order valence-corrected chi connectivity index (χ0v) is 60.8. The third kappa shape index (κ3) is 9.88. The molecule has 18 rings (SSSR count). The Labute approximate surface area is 604 Å². The van der Waals surface area contributed by atoms with E-state index in [4.69, 9.17) is 0 Å². The topological polar surface area (TPSA) is 9.72 Å². The Morgan fingerprint density at radius 2 is 0.725 bits per heavy atom. The van der Waals surface area contributed by atoms with Gasteiger partial charge < -0.3 is 14.7 Å². The quantitative estimate of drug-likeness (QED) is 0.0794. The first-order valence-electron chi connectivity index (χ1n) is 36.6. The Morgan fingerprint density at radius 1 is 0.343 bits per heavy atom. The maximum Gasteiger partial charge on any atom is 0.252 e. The van der Waals surface area contributed by atoms with Crippen molar-refractivity contribution in [3.05, 3.63) is 369 Å². The number of fused-ring (bicyclic) bond motifs is 7. The summed E-state index contributed by atoms with van der Waals surface area (Å²) >= 11 is 0. The monoisotopic (exact) mass is 1340 g/mol. The Kier molecular flexibility index (Phi) is 15.5. The van der Waals surface area contributed by atoms with E-state index < -0.39 is 16.1 Å². The normalized spacial score (nSPS) is 16.5. The van der Waals surface area contributed by atoms with Gasteiger partial charge in [0.25, 0.3) is 6.71 Å². The molecule has 3 heterocycles. The molecule has 6 heteroatoms. The van der Waals surface area contributed by atoms with Gasteiger partial charge in [0.05, 0.1) is 11.2 Å². The van der Waals surface area contributed by atoms with Crippen LogP contribution < -0.4 is 72.6 Å². The van der Waals surface area contributed by atoms with Crippen molar-refractivity contribution in [2.45, 2.75) is 76.7 Å². The number of benzene rings is 14. The minimum atomic E-state index is -2.93. The van der Waals surface area contributed by atoms with Crippen LogP contribution in [0.15, 0.2) is 358 Å². The summed E-state index contributed by atoms with van der Waals surface area (Å²) < 4.78 is 0. The van der Waals surface area contributed by atoms with Gasteiger partial charge in [-0.05, 0) is 171 Å². The van der Waals surface area contributed by atoms with Crippen molar-refractivity contribution in [3.63, 3.8) is 0 Å². The van der Waals surface area contributed by atoms with Crippen molar-refractivity contribution < 1.29 is 0 Å². The first-order chi connectivity index (χ1) is 50.0. The molecular formula is C96H82BN3Si2. The van der Waals surface area contributed by atoms with Crippen molar-refractivity contribution in [3.8, 4) is 22.3 Å². The van der Waals surface area contributed by atoms with E-state index in [1.54, 1.807) is 0 Å². The summed E-state index contributed by atoms with van der Waals surface area (Å²) in [6.07, 6.45) is 4.60. The van der Waals surface area contributed by atoms with E-state index in [-0.39, 0.29) is 23.1 Å². The molecule has 14 aromatic rings. The molecule has 0 aromatic heterocycles. The number of nitrogens with zero attached hydrogens (tertiary/aromatic N) is 3. The molecule has 492 valence electrons. The largest absolute Gasteiger partial charge is 0.335 e. The first kappa shape index (κ1) is 63.2. The molecule has 3 aliphatic heterocycles. The average Bonchev–Trinajstić information content (AvgIpc) is 1.47. The van der Waals surface area contributed by atoms with Gasteiger partial charge in [-0.2, -0.15) is 0 Å². The highest BCUT2D eigenvalue weighted by molar-refractivity contribution is 7.20. The molecule has 0 spiro atoms. The van der Waals surface area contributed by atoms with Crippen LogP contribution in [-0.2, 0) is 10.8 Å². The predicted molar refractivity (Wildman–Crippen MR) is 440 cm³/mol. The van der Waals surface area contributed by atoms with Gasteiger partial charge in [0.1, 0.15) is 0 Å².